The quantitative estimate of drug-likeness (QED) is 0.883. The van der Waals surface area contributed by atoms with E-state index in [1.165, 1.54) is 0 Å². The van der Waals surface area contributed by atoms with E-state index >= 15 is 0 Å². The first-order valence-electron chi connectivity index (χ1n) is 6.46. The molecule has 5 nitrogen and oxygen atoms in total. The van der Waals surface area contributed by atoms with E-state index < -0.39 is 0 Å². The zero-order valence-corrected chi connectivity index (χ0v) is 11.1. The lowest BCUT2D eigenvalue weighted by molar-refractivity contribution is 0.116. The molecule has 0 radical (unpaired) electrons. The molecule has 2 N–H and O–H groups in total. The van der Waals surface area contributed by atoms with Crippen LogP contribution in [0.4, 0.5) is 5.82 Å². The standard InChI is InChI=1S/C13H15ClN4O/c14-12-8-5-6-15-7-9(8)13(18-17-12)16-10-3-1-2-4-11(10)19/h5-7,10-11,19H,1-4H2,(H,16,18)/t10-,11-/m1/s1. The minimum Gasteiger partial charge on any atom is -0.391 e. The number of nitrogens with one attached hydrogen (secondary N) is 1. The van der Waals surface area contributed by atoms with Crippen LogP contribution in [-0.4, -0.2) is 32.4 Å². The first-order chi connectivity index (χ1) is 9.25. The summed E-state index contributed by atoms with van der Waals surface area (Å²) in [6.07, 6.45) is 7.02. The van der Waals surface area contributed by atoms with Crippen LogP contribution in [0.1, 0.15) is 25.7 Å². The average molecular weight is 279 g/mol. The third-order valence-electron chi connectivity index (χ3n) is 3.59. The Morgan fingerprint density at radius 3 is 2.89 bits per heavy atom. The second kappa shape index (κ2) is 5.27. The summed E-state index contributed by atoms with van der Waals surface area (Å²) >= 11 is 6.02. The molecule has 0 spiro atoms. The van der Waals surface area contributed by atoms with E-state index in [2.05, 4.69) is 20.5 Å². The van der Waals surface area contributed by atoms with Crippen LogP contribution in [0.15, 0.2) is 18.5 Å². The number of anilines is 1. The Bertz CT molecular complexity index is 592. The van der Waals surface area contributed by atoms with Crippen molar-refractivity contribution in [3.8, 4) is 0 Å². The summed E-state index contributed by atoms with van der Waals surface area (Å²) in [6, 6.07) is 1.84. The molecule has 2 heterocycles. The van der Waals surface area contributed by atoms with Crippen LogP contribution >= 0.6 is 11.6 Å². The number of halogens is 1. The molecule has 2 aromatic rings. The first-order valence-corrected chi connectivity index (χ1v) is 6.84. The molecule has 2 aromatic heterocycles. The van der Waals surface area contributed by atoms with E-state index in [4.69, 9.17) is 11.6 Å². The van der Waals surface area contributed by atoms with Gasteiger partial charge in [-0.3, -0.25) is 4.98 Å². The molecular weight excluding hydrogens is 264 g/mol. The molecule has 0 saturated heterocycles. The maximum Gasteiger partial charge on any atom is 0.159 e. The molecule has 3 rings (SSSR count). The van der Waals surface area contributed by atoms with E-state index in [0.29, 0.717) is 11.0 Å². The van der Waals surface area contributed by atoms with Gasteiger partial charge in [-0.1, -0.05) is 24.4 Å². The van der Waals surface area contributed by atoms with E-state index in [9.17, 15) is 5.11 Å². The van der Waals surface area contributed by atoms with Gasteiger partial charge < -0.3 is 10.4 Å². The largest absolute Gasteiger partial charge is 0.391 e. The lowest BCUT2D eigenvalue weighted by Crippen LogP contribution is -2.36. The Morgan fingerprint density at radius 2 is 2.05 bits per heavy atom. The van der Waals surface area contributed by atoms with Crippen LogP contribution in [0.3, 0.4) is 0 Å². The van der Waals surface area contributed by atoms with Gasteiger partial charge in [0.1, 0.15) is 0 Å². The van der Waals surface area contributed by atoms with Crippen LogP contribution in [0.25, 0.3) is 10.8 Å². The van der Waals surface area contributed by atoms with Crippen molar-refractivity contribution in [3.05, 3.63) is 23.6 Å². The summed E-state index contributed by atoms with van der Waals surface area (Å²) in [6.45, 7) is 0. The molecule has 19 heavy (non-hydrogen) atoms. The van der Waals surface area contributed by atoms with Gasteiger partial charge in [-0.05, 0) is 18.9 Å². The summed E-state index contributed by atoms with van der Waals surface area (Å²) in [4.78, 5) is 4.10. The number of aliphatic hydroxyl groups is 1. The van der Waals surface area contributed by atoms with Gasteiger partial charge in [0.05, 0.1) is 12.1 Å². The van der Waals surface area contributed by atoms with Gasteiger partial charge >= 0.3 is 0 Å². The molecule has 1 aliphatic rings. The second-order valence-corrected chi connectivity index (χ2v) is 5.22. The number of aliphatic hydroxyl groups excluding tert-OH is 1. The lowest BCUT2D eigenvalue weighted by Gasteiger charge is -2.28. The van der Waals surface area contributed by atoms with Crippen LogP contribution in [-0.2, 0) is 0 Å². The topological polar surface area (TPSA) is 70.9 Å². The maximum absolute atomic E-state index is 10.0. The SMILES string of the molecule is O[C@@H]1CCCC[C@H]1Nc1nnc(Cl)c2ccncc12. The predicted molar refractivity (Wildman–Crippen MR) is 74.2 cm³/mol. The summed E-state index contributed by atoms with van der Waals surface area (Å²) in [5, 5.41) is 23.3. The van der Waals surface area contributed by atoms with Crippen molar-refractivity contribution in [3.63, 3.8) is 0 Å². The van der Waals surface area contributed by atoms with Crippen molar-refractivity contribution in [2.75, 3.05) is 5.32 Å². The molecule has 100 valence electrons. The van der Waals surface area contributed by atoms with Crippen molar-refractivity contribution in [1.29, 1.82) is 0 Å². The number of aromatic nitrogens is 3. The van der Waals surface area contributed by atoms with Crippen LogP contribution < -0.4 is 5.32 Å². The van der Waals surface area contributed by atoms with Gasteiger partial charge in [0.25, 0.3) is 0 Å². The van der Waals surface area contributed by atoms with Crippen LogP contribution in [0.5, 0.6) is 0 Å². The van der Waals surface area contributed by atoms with Gasteiger partial charge in [0.2, 0.25) is 0 Å². The molecule has 1 aliphatic carbocycles. The van der Waals surface area contributed by atoms with E-state index in [0.717, 1.165) is 36.5 Å². The fraction of sp³-hybridized carbons (Fsp3) is 0.462. The molecule has 0 unspecified atom stereocenters. The Morgan fingerprint density at radius 1 is 1.21 bits per heavy atom. The van der Waals surface area contributed by atoms with Gasteiger partial charge in [0.15, 0.2) is 11.0 Å². The van der Waals surface area contributed by atoms with E-state index in [-0.39, 0.29) is 12.1 Å². The lowest BCUT2D eigenvalue weighted by atomic mass is 9.92. The van der Waals surface area contributed by atoms with Crippen molar-refractivity contribution in [1.82, 2.24) is 15.2 Å². The molecule has 2 atom stereocenters. The molecule has 0 bridgehead atoms. The minimum absolute atomic E-state index is 0.0210. The highest BCUT2D eigenvalue weighted by atomic mass is 35.5. The van der Waals surface area contributed by atoms with Crippen molar-refractivity contribution < 1.29 is 5.11 Å². The van der Waals surface area contributed by atoms with Crippen molar-refractivity contribution >= 4 is 28.2 Å². The first kappa shape index (κ1) is 12.6. The zero-order valence-electron chi connectivity index (χ0n) is 10.4. The molecular formula is C13H15ClN4O. The van der Waals surface area contributed by atoms with Crippen molar-refractivity contribution in [2.45, 2.75) is 37.8 Å². The van der Waals surface area contributed by atoms with Gasteiger partial charge in [-0.15, -0.1) is 10.2 Å². The number of hydrogen-bond donors (Lipinski definition) is 2. The Kier molecular flexibility index (Phi) is 3.48. The predicted octanol–water partition coefficient (Wildman–Crippen LogP) is 2.39. The number of rotatable bonds is 2. The number of fused-ring (bicyclic) bond motifs is 1. The Balaban J connectivity index is 1.94. The fourth-order valence-corrected chi connectivity index (χ4v) is 2.73. The number of nitrogens with zero attached hydrogens (tertiary/aromatic N) is 3. The average Bonchev–Trinajstić information content (AvgIpc) is 2.44. The summed E-state index contributed by atoms with van der Waals surface area (Å²) in [5.41, 5.74) is 0. The normalized spacial score (nSPS) is 23.5. The van der Waals surface area contributed by atoms with E-state index in [1.54, 1.807) is 12.4 Å². The monoisotopic (exact) mass is 278 g/mol. The molecule has 1 saturated carbocycles. The van der Waals surface area contributed by atoms with Crippen LogP contribution in [0.2, 0.25) is 5.15 Å². The highest BCUT2D eigenvalue weighted by molar-refractivity contribution is 6.34. The van der Waals surface area contributed by atoms with Gasteiger partial charge in [-0.25, -0.2) is 0 Å². The third kappa shape index (κ3) is 2.48. The zero-order chi connectivity index (χ0) is 13.2. The smallest absolute Gasteiger partial charge is 0.159 e. The number of hydrogen-bond acceptors (Lipinski definition) is 5. The fourth-order valence-electron chi connectivity index (χ4n) is 2.53. The maximum atomic E-state index is 10.0. The molecule has 0 amide bonds. The minimum atomic E-state index is -0.335. The summed E-state index contributed by atoms with van der Waals surface area (Å²) < 4.78 is 0. The molecule has 6 heteroatoms. The number of pyridine rings is 1. The summed E-state index contributed by atoms with van der Waals surface area (Å²) in [7, 11) is 0. The highest BCUT2D eigenvalue weighted by Crippen LogP contribution is 2.27. The molecule has 0 aromatic carbocycles. The highest BCUT2D eigenvalue weighted by Gasteiger charge is 2.24. The van der Waals surface area contributed by atoms with E-state index in [1.807, 2.05) is 6.07 Å². The van der Waals surface area contributed by atoms with Gasteiger partial charge in [-0.2, -0.15) is 0 Å². The summed E-state index contributed by atoms with van der Waals surface area (Å²) in [5.74, 6) is 0.637. The van der Waals surface area contributed by atoms with Crippen LogP contribution in [0, 0.1) is 0 Å². The van der Waals surface area contributed by atoms with Crippen molar-refractivity contribution in [2.24, 2.45) is 0 Å². The Hall–Kier alpha value is -1.46. The second-order valence-electron chi connectivity index (χ2n) is 4.86. The Labute approximate surface area is 116 Å². The third-order valence-corrected chi connectivity index (χ3v) is 3.87. The molecule has 0 aliphatic heterocycles. The molecule has 1 fully saturated rings. The van der Waals surface area contributed by atoms with Gasteiger partial charge in [0, 0.05) is 23.2 Å².